The minimum atomic E-state index is -0.543. The van der Waals surface area contributed by atoms with Crippen molar-refractivity contribution in [2.75, 3.05) is 9.80 Å². The molecule has 0 saturated heterocycles. The molecule has 0 aromatic heterocycles. The van der Waals surface area contributed by atoms with Crippen LogP contribution in [0.3, 0.4) is 0 Å². The van der Waals surface area contributed by atoms with E-state index < -0.39 is 5.82 Å². The Kier molecular flexibility index (Phi) is 7.41. The number of carbonyl (C=O) groups excluding carboxylic acids is 2. The van der Waals surface area contributed by atoms with E-state index in [1.165, 1.54) is 12.1 Å². The molecule has 1 heterocycles. The van der Waals surface area contributed by atoms with Crippen LogP contribution in [0.5, 0.6) is 0 Å². The molecule has 1 aliphatic heterocycles. The fraction of sp³-hybridized carbons (Fsp3) is 0.310. The number of nitrogens with zero attached hydrogens (tertiary/aromatic N) is 2. The van der Waals surface area contributed by atoms with Gasteiger partial charge in [0, 0.05) is 23.8 Å². The molecule has 0 bridgehead atoms. The van der Waals surface area contributed by atoms with Gasteiger partial charge in [-0.05, 0) is 55.7 Å². The third-order valence-corrected chi connectivity index (χ3v) is 6.49. The number of benzene rings is 3. The van der Waals surface area contributed by atoms with E-state index in [2.05, 4.69) is 6.92 Å². The summed E-state index contributed by atoms with van der Waals surface area (Å²) < 4.78 is 14.7. The van der Waals surface area contributed by atoms with Gasteiger partial charge in [-0.25, -0.2) is 4.39 Å². The largest absolute Gasteiger partial charge is 0.309 e. The lowest BCUT2D eigenvalue weighted by Gasteiger charge is -2.43. The fourth-order valence-corrected chi connectivity index (χ4v) is 4.84. The molecule has 2 unspecified atom stereocenters. The van der Waals surface area contributed by atoms with Gasteiger partial charge in [0.15, 0.2) is 0 Å². The van der Waals surface area contributed by atoms with Crippen molar-refractivity contribution in [1.82, 2.24) is 0 Å². The van der Waals surface area contributed by atoms with E-state index in [1.807, 2.05) is 66.4 Å². The molecular weight excluding hydrogens is 427 g/mol. The number of rotatable bonds is 7. The highest BCUT2D eigenvalue weighted by atomic mass is 19.1. The Bertz CT molecular complexity index is 1150. The van der Waals surface area contributed by atoms with Crippen molar-refractivity contribution in [3.8, 4) is 0 Å². The molecule has 0 saturated carbocycles. The second kappa shape index (κ2) is 10.6. The van der Waals surface area contributed by atoms with Crippen molar-refractivity contribution >= 4 is 23.2 Å². The van der Waals surface area contributed by atoms with Crippen molar-refractivity contribution in [3.63, 3.8) is 0 Å². The highest BCUT2D eigenvalue weighted by molar-refractivity contribution is 6.07. The van der Waals surface area contributed by atoms with Crippen LogP contribution in [0.1, 0.15) is 67.9 Å². The van der Waals surface area contributed by atoms with Crippen LogP contribution in [-0.2, 0) is 4.79 Å². The number of carbonyl (C=O) groups is 2. The maximum Gasteiger partial charge on any atom is 0.261 e. The summed E-state index contributed by atoms with van der Waals surface area (Å²) in [5.41, 5.74) is 2.47. The Balaban J connectivity index is 1.77. The lowest BCUT2D eigenvalue weighted by atomic mass is 9.89. The summed E-state index contributed by atoms with van der Waals surface area (Å²) in [6.07, 6.45) is 4.02. The summed E-state index contributed by atoms with van der Waals surface area (Å²) >= 11 is 0. The first-order chi connectivity index (χ1) is 16.5. The Labute approximate surface area is 201 Å². The number of unbranched alkanes of at least 4 members (excludes halogenated alkanes) is 2. The predicted octanol–water partition coefficient (Wildman–Crippen LogP) is 6.92. The average Bonchev–Trinajstić information content (AvgIpc) is 2.85. The zero-order chi connectivity index (χ0) is 24.1. The summed E-state index contributed by atoms with van der Waals surface area (Å²) in [6.45, 7) is 4.15. The third kappa shape index (κ3) is 4.74. The van der Waals surface area contributed by atoms with Crippen LogP contribution in [0.15, 0.2) is 78.9 Å². The van der Waals surface area contributed by atoms with Gasteiger partial charge in [0.05, 0.1) is 11.6 Å². The van der Waals surface area contributed by atoms with Crippen LogP contribution in [0.4, 0.5) is 15.8 Å². The number of hydrogen-bond acceptors (Lipinski definition) is 2. The number of para-hydroxylation sites is 2. The molecule has 3 aromatic carbocycles. The highest BCUT2D eigenvalue weighted by Gasteiger charge is 2.39. The summed E-state index contributed by atoms with van der Waals surface area (Å²) in [5.74, 6) is -0.823. The maximum atomic E-state index is 14.7. The van der Waals surface area contributed by atoms with Gasteiger partial charge < -0.3 is 9.80 Å². The second-order valence-corrected chi connectivity index (χ2v) is 8.87. The molecule has 0 radical (unpaired) electrons. The van der Waals surface area contributed by atoms with Crippen LogP contribution in [0, 0.1) is 5.82 Å². The monoisotopic (exact) mass is 458 g/mol. The van der Waals surface area contributed by atoms with Gasteiger partial charge in [-0.1, -0.05) is 68.3 Å². The topological polar surface area (TPSA) is 40.6 Å². The molecule has 1 aliphatic rings. The summed E-state index contributed by atoms with van der Waals surface area (Å²) in [7, 11) is 0. The Morgan fingerprint density at radius 1 is 0.941 bits per heavy atom. The Morgan fingerprint density at radius 2 is 1.62 bits per heavy atom. The fourth-order valence-electron chi connectivity index (χ4n) is 4.84. The normalized spacial score (nSPS) is 17.2. The van der Waals surface area contributed by atoms with Crippen molar-refractivity contribution in [2.45, 2.75) is 58.0 Å². The standard InChI is InChI=1S/C29H31FN2O2/c1-3-4-6-19-28(33)31-21(2)20-27(24-16-10-12-18-26(24)31)32(22-13-7-5-8-14-22)29(34)23-15-9-11-17-25(23)30/h5,7-18,21,27H,3-4,6,19-20H2,1-2H3. The molecular formula is C29H31FN2O2. The number of anilines is 2. The molecule has 5 heteroatoms. The molecule has 2 amide bonds. The smallest absolute Gasteiger partial charge is 0.261 e. The van der Waals surface area contributed by atoms with Crippen LogP contribution in [-0.4, -0.2) is 17.9 Å². The van der Waals surface area contributed by atoms with Crippen molar-refractivity contribution in [3.05, 3.63) is 95.8 Å². The van der Waals surface area contributed by atoms with Crippen LogP contribution >= 0.6 is 0 Å². The summed E-state index contributed by atoms with van der Waals surface area (Å²) in [6, 6.07) is 22.8. The molecule has 0 aliphatic carbocycles. The predicted molar refractivity (Wildman–Crippen MR) is 135 cm³/mol. The number of amides is 2. The zero-order valence-electron chi connectivity index (χ0n) is 19.8. The second-order valence-electron chi connectivity index (χ2n) is 8.87. The Morgan fingerprint density at radius 3 is 2.35 bits per heavy atom. The Hall–Kier alpha value is -3.47. The first kappa shape index (κ1) is 23.7. The first-order valence-electron chi connectivity index (χ1n) is 12.1. The molecule has 0 fully saturated rings. The van der Waals surface area contributed by atoms with Gasteiger partial charge in [-0.3, -0.25) is 9.59 Å². The van der Waals surface area contributed by atoms with Crippen LogP contribution < -0.4 is 9.80 Å². The number of hydrogen-bond donors (Lipinski definition) is 0. The van der Waals surface area contributed by atoms with E-state index in [0.29, 0.717) is 18.5 Å². The zero-order valence-corrected chi connectivity index (χ0v) is 19.8. The molecule has 176 valence electrons. The molecule has 3 aromatic rings. The third-order valence-electron chi connectivity index (χ3n) is 6.49. The van der Waals surface area contributed by atoms with E-state index in [4.69, 9.17) is 0 Å². The highest BCUT2D eigenvalue weighted by Crippen LogP contribution is 2.43. The molecule has 0 N–H and O–H groups in total. The molecule has 2 atom stereocenters. The lowest BCUT2D eigenvalue weighted by Crippen LogP contribution is -2.47. The number of fused-ring (bicyclic) bond motifs is 1. The van der Waals surface area contributed by atoms with Crippen molar-refractivity contribution in [1.29, 1.82) is 0 Å². The van der Waals surface area contributed by atoms with E-state index in [0.717, 1.165) is 30.5 Å². The quantitative estimate of drug-likeness (QED) is 0.361. The van der Waals surface area contributed by atoms with E-state index in [9.17, 15) is 14.0 Å². The van der Waals surface area contributed by atoms with Crippen LogP contribution in [0.2, 0.25) is 0 Å². The summed E-state index contributed by atoms with van der Waals surface area (Å²) in [4.78, 5) is 30.5. The number of halogens is 1. The molecule has 34 heavy (non-hydrogen) atoms. The van der Waals surface area contributed by atoms with E-state index in [-0.39, 0.29) is 29.5 Å². The molecule has 0 spiro atoms. The van der Waals surface area contributed by atoms with Crippen molar-refractivity contribution < 1.29 is 14.0 Å². The lowest BCUT2D eigenvalue weighted by molar-refractivity contribution is -0.119. The van der Waals surface area contributed by atoms with Gasteiger partial charge in [0.2, 0.25) is 5.91 Å². The van der Waals surface area contributed by atoms with Gasteiger partial charge in [-0.15, -0.1) is 0 Å². The van der Waals surface area contributed by atoms with Crippen LogP contribution in [0.25, 0.3) is 0 Å². The van der Waals surface area contributed by atoms with Gasteiger partial charge in [0.25, 0.3) is 5.91 Å². The van der Waals surface area contributed by atoms with Crippen molar-refractivity contribution in [2.24, 2.45) is 0 Å². The summed E-state index contributed by atoms with van der Waals surface area (Å²) in [5, 5.41) is 0. The van der Waals surface area contributed by atoms with Gasteiger partial charge in [-0.2, -0.15) is 0 Å². The minimum absolute atomic E-state index is 0.0366. The SMILES string of the molecule is CCCCCC(=O)N1c2ccccc2C(N(C(=O)c2ccccc2F)c2ccccc2)CC1C. The van der Waals surface area contributed by atoms with Gasteiger partial charge >= 0.3 is 0 Å². The van der Waals surface area contributed by atoms with Gasteiger partial charge in [0.1, 0.15) is 5.82 Å². The maximum absolute atomic E-state index is 14.7. The molecule has 4 rings (SSSR count). The average molecular weight is 459 g/mol. The first-order valence-corrected chi connectivity index (χ1v) is 12.1. The van der Waals surface area contributed by atoms with E-state index in [1.54, 1.807) is 17.0 Å². The molecule has 4 nitrogen and oxygen atoms in total. The van der Waals surface area contributed by atoms with E-state index >= 15 is 0 Å². The minimum Gasteiger partial charge on any atom is -0.309 e.